The predicted molar refractivity (Wildman–Crippen MR) is 161 cm³/mol. The topological polar surface area (TPSA) is 92.6 Å². The summed E-state index contributed by atoms with van der Waals surface area (Å²) >= 11 is 0. The number of aromatic nitrogens is 3. The Morgan fingerprint density at radius 2 is 1.90 bits per heavy atom. The number of anilines is 1. The molecule has 218 valence electrons. The van der Waals surface area contributed by atoms with Crippen LogP contribution in [0.15, 0.2) is 54.9 Å². The van der Waals surface area contributed by atoms with E-state index in [9.17, 15) is 12.8 Å². The van der Waals surface area contributed by atoms with Crippen molar-refractivity contribution in [2.75, 3.05) is 70.8 Å². The van der Waals surface area contributed by atoms with Crippen LogP contribution in [-0.2, 0) is 16.3 Å². The molecule has 0 spiro atoms. The molecule has 0 bridgehead atoms. The summed E-state index contributed by atoms with van der Waals surface area (Å²) in [6, 6.07) is 12.8. The molecule has 1 aromatic carbocycles. The summed E-state index contributed by atoms with van der Waals surface area (Å²) in [7, 11) is 2.62. The molecule has 11 heteroatoms. The number of rotatable bonds is 11. The first-order valence-corrected chi connectivity index (χ1v) is 15.7. The van der Waals surface area contributed by atoms with Crippen LogP contribution < -0.4 is 10.1 Å². The van der Waals surface area contributed by atoms with Crippen molar-refractivity contribution < 1.29 is 17.5 Å². The van der Waals surface area contributed by atoms with E-state index in [1.807, 2.05) is 38.4 Å². The molecule has 0 saturated carbocycles. The smallest absolute Gasteiger partial charge is 0.165 e. The summed E-state index contributed by atoms with van der Waals surface area (Å²) in [5.41, 5.74) is 4.19. The quantitative estimate of drug-likeness (QED) is 0.286. The maximum Gasteiger partial charge on any atom is 0.165 e. The zero-order chi connectivity index (χ0) is 29.0. The molecule has 0 radical (unpaired) electrons. The second-order valence-electron chi connectivity index (χ2n) is 10.7. The largest absolute Gasteiger partial charge is 0.494 e. The third kappa shape index (κ3) is 7.03. The van der Waals surface area contributed by atoms with Gasteiger partial charge in [0, 0.05) is 55.6 Å². The molecular formula is C30H37FN6O3S. The Kier molecular flexibility index (Phi) is 8.86. The summed E-state index contributed by atoms with van der Waals surface area (Å²) in [4.78, 5) is 13.8. The molecule has 9 nitrogen and oxygen atoms in total. The van der Waals surface area contributed by atoms with Crippen LogP contribution in [0.1, 0.15) is 12.0 Å². The summed E-state index contributed by atoms with van der Waals surface area (Å²) in [6.07, 6.45) is 5.63. The first-order chi connectivity index (χ1) is 19.7. The Morgan fingerprint density at radius 1 is 1.10 bits per heavy atom. The molecule has 1 fully saturated rings. The minimum absolute atomic E-state index is 0.192. The van der Waals surface area contributed by atoms with E-state index in [-0.39, 0.29) is 17.3 Å². The fourth-order valence-corrected chi connectivity index (χ4v) is 6.37. The van der Waals surface area contributed by atoms with Gasteiger partial charge in [0.15, 0.2) is 21.4 Å². The number of sulfone groups is 1. The SMILES string of the molecule is COc1ccc(-c2ccc3c(CCCN4CCS(=O)(=O)CC4)cn(-c4ccnc(NCCN(C)C)c4)c3n2)cc1F. The molecular weight excluding hydrogens is 543 g/mol. The van der Waals surface area contributed by atoms with Crippen LogP contribution in [0.5, 0.6) is 5.75 Å². The lowest BCUT2D eigenvalue weighted by molar-refractivity contribution is 0.292. The molecule has 3 aromatic heterocycles. The first kappa shape index (κ1) is 29.0. The van der Waals surface area contributed by atoms with Gasteiger partial charge in [0.25, 0.3) is 0 Å². The lowest BCUT2D eigenvalue weighted by atomic mass is 10.1. The molecule has 0 atom stereocenters. The number of nitrogens with zero attached hydrogens (tertiary/aromatic N) is 5. The molecule has 0 aliphatic carbocycles. The van der Waals surface area contributed by atoms with Crippen molar-refractivity contribution in [2.24, 2.45) is 0 Å². The fourth-order valence-electron chi connectivity index (χ4n) is 5.09. The van der Waals surface area contributed by atoms with E-state index in [1.165, 1.54) is 13.2 Å². The van der Waals surface area contributed by atoms with Crippen LogP contribution in [0.3, 0.4) is 0 Å². The zero-order valence-corrected chi connectivity index (χ0v) is 24.6. The third-order valence-corrected chi connectivity index (χ3v) is 9.04. The molecule has 1 aliphatic heterocycles. The molecule has 5 rings (SSSR count). The van der Waals surface area contributed by atoms with Gasteiger partial charge in [-0.1, -0.05) is 0 Å². The Morgan fingerprint density at radius 3 is 2.63 bits per heavy atom. The highest BCUT2D eigenvalue weighted by atomic mass is 32.2. The van der Waals surface area contributed by atoms with Crippen LogP contribution in [0, 0.1) is 5.82 Å². The summed E-state index contributed by atoms with van der Waals surface area (Å²) in [5, 5.41) is 4.41. The van der Waals surface area contributed by atoms with Crippen LogP contribution >= 0.6 is 0 Å². The van der Waals surface area contributed by atoms with E-state index in [4.69, 9.17) is 9.72 Å². The maximum atomic E-state index is 14.5. The molecule has 4 heterocycles. The number of ether oxygens (including phenoxy) is 1. The average Bonchev–Trinajstić information content (AvgIpc) is 3.31. The number of likely N-dealkylation sites (N-methyl/N-ethyl adjacent to an activating group) is 1. The summed E-state index contributed by atoms with van der Waals surface area (Å²) in [6.45, 7) is 3.68. The number of fused-ring (bicyclic) bond motifs is 1. The van der Waals surface area contributed by atoms with Gasteiger partial charge in [-0.05, 0) is 75.4 Å². The first-order valence-electron chi connectivity index (χ1n) is 13.8. The Hall–Kier alpha value is -3.54. The highest BCUT2D eigenvalue weighted by Crippen LogP contribution is 2.30. The monoisotopic (exact) mass is 580 g/mol. The molecule has 0 unspecified atom stereocenters. The van der Waals surface area contributed by atoms with E-state index in [2.05, 4.69) is 36.9 Å². The molecule has 0 amide bonds. The number of aryl methyl sites for hydroxylation is 1. The van der Waals surface area contributed by atoms with Crippen molar-refractivity contribution in [3.8, 4) is 22.7 Å². The minimum Gasteiger partial charge on any atom is -0.494 e. The van der Waals surface area contributed by atoms with Crippen molar-refractivity contribution in [3.05, 3.63) is 66.2 Å². The van der Waals surface area contributed by atoms with Crippen molar-refractivity contribution in [1.29, 1.82) is 0 Å². The fraction of sp³-hybridized carbons (Fsp3) is 0.400. The Bertz CT molecular complexity index is 1610. The van der Waals surface area contributed by atoms with Crippen molar-refractivity contribution in [1.82, 2.24) is 24.3 Å². The van der Waals surface area contributed by atoms with Gasteiger partial charge in [-0.15, -0.1) is 0 Å². The minimum atomic E-state index is -2.89. The normalized spacial score (nSPS) is 15.4. The van der Waals surface area contributed by atoms with Gasteiger partial charge < -0.3 is 24.4 Å². The van der Waals surface area contributed by atoms with Gasteiger partial charge >= 0.3 is 0 Å². The number of hydrogen-bond donors (Lipinski definition) is 1. The number of methoxy groups -OCH3 is 1. The van der Waals surface area contributed by atoms with E-state index in [0.29, 0.717) is 24.3 Å². The van der Waals surface area contributed by atoms with E-state index < -0.39 is 15.7 Å². The average molecular weight is 581 g/mol. The van der Waals surface area contributed by atoms with Gasteiger partial charge in [0.2, 0.25) is 0 Å². The van der Waals surface area contributed by atoms with Crippen molar-refractivity contribution in [2.45, 2.75) is 12.8 Å². The number of nitrogens with one attached hydrogen (secondary N) is 1. The molecule has 4 aromatic rings. The summed E-state index contributed by atoms with van der Waals surface area (Å²) in [5.74, 6) is 1.01. The van der Waals surface area contributed by atoms with Gasteiger partial charge in [-0.25, -0.2) is 22.8 Å². The number of benzene rings is 1. The molecule has 1 aliphatic rings. The predicted octanol–water partition coefficient (Wildman–Crippen LogP) is 3.87. The van der Waals surface area contributed by atoms with Crippen molar-refractivity contribution in [3.63, 3.8) is 0 Å². The highest BCUT2D eigenvalue weighted by Gasteiger charge is 2.21. The van der Waals surface area contributed by atoms with Gasteiger partial charge in [-0.3, -0.25) is 0 Å². The van der Waals surface area contributed by atoms with Crippen LogP contribution in [0.2, 0.25) is 0 Å². The Balaban J connectivity index is 1.45. The van der Waals surface area contributed by atoms with Gasteiger partial charge in [0.1, 0.15) is 11.5 Å². The van der Waals surface area contributed by atoms with Gasteiger partial charge in [0.05, 0.1) is 30.0 Å². The molecule has 1 N–H and O–H groups in total. The van der Waals surface area contributed by atoms with Gasteiger partial charge in [-0.2, -0.15) is 0 Å². The number of hydrogen-bond acceptors (Lipinski definition) is 8. The highest BCUT2D eigenvalue weighted by molar-refractivity contribution is 7.91. The zero-order valence-electron chi connectivity index (χ0n) is 23.8. The molecule has 1 saturated heterocycles. The van der Waals surface area contributed by atoms with E-state index >= 15 is 0 Å². The second kappa shape index (κ2) is 12.5. The number of halogens is 1. The number of pyridine rings is 2. The van der Waals surface area contributed by atoms with E-state index in [1.54, 1.807) is 12.3 Å². The van der Waals surface area contributed by atoms with E-state index in [0.717, 1.165) is 60.6 Å². The third-order valence-electron chi connectivity index (χ3n) is 7.43. The second-order valence-corrected chi connectivity index (χ2v) is 13.0. The van der Waals surface area contributed by atoms with Crippen LogP contribution in [0.4, 0.5) is 10.2 Å². The molecule has 41 heavy (non-hydrogen) atoms. The van der Waals surface area contributed by atoms with Crippen LogP contribution in [-0.4, -0.2) is 98.2 Å². The lowest BCUT2D eigenvalue weighted by Gasteiger charge is -2.26. The standard InChI is InChI=1S/C30H37FN6O3S/c1-35(2)14-12-33-29-20-24(10-11-32-29)37-21-23(5-4-13-36-15-17-41(38,39)18-16-36)25-7-8-27(34-30(25)37)22-6-9-28(40-3)26(31)19-22/h6-11,19-21H,4-5,12-18H2,1-3H3,(H,32,33). The maximum absolute atomic E-state index is 14.5. The van der Waals surface area contributed by atoms with Crippen LogP contribution in [0.25, 0.3) is 28.0 Å². The van der Waals surface area contributed by atoms with Crippen molar-refractivity contribution >= 4 is 26.7 Å². The Labute approximate surface area is 240 Å². The summed E-state index contributed by atoms with van der Waals surface area (Å²) < 4.78 is 45.3. The lowest BCUT2D eigenvalue weighted by Crippen LogP contribution is -2.40.